The number of carbonyl (C=O) groups excluding carboxylic acids is 6. The van der Waals surface area contributed by atoms with Crippen molar-refractivity contribution in [2.24, 2.45) is 4.99 Å². The van der Waals surface area contributed by atoms with Gasteiger partial charge in [-0.3, -0.25) is 24.0 Å². The molecule has 2 saturated heterocycles. The third-order valence-electron chi connectivity index (χ3n) is 6.11. The summed E-state index contributed by atoms with van der Waals surface area (Å²) in [5, 5.41) is 0. The van der Waals surface area contributed by atoms with Crippen LogP contribution in [-0.2, 0) is 76.1 Å². The van der Waals surface area contributed by atoms with Crippen LogP contribution in [0.1, 0.15) is 41.5 Å². The van der Waals surface area contributed by atoms with Crippen molar-refractivity contribution < 1.29 is 76.1 Å². The molecule has 234 valence electrons. The molecule has 0 aromatic carbocycles. The van der Waals surface area contributed by atoms with Gasteiger partial charge >= 0.3 is 35.8 Å². The van der Waals surface area contributed by atoms with E-state index in [0.29, 0.717) is 0 Å². The van der Waals surface area contributed by atoms with E-state index in [1.54, 1.807) is 0 Å². The zero-order valence-electron chi connectivity index (χ0n) is 24.0. The molecule has 3 aliphatic heterocycles. The van der Waals surface area contributed by atoms with Crippen molar-refractivity contribution in [1.82, 2.24) is 0 Å². The van der Waals surface area contributed by atoms with Gasteiger partial charge in [0.1, 0.15) is 24.9 Å². The third kappa shape index (κ3) is 7.92. The van der Waals surface area contributed by atoms with E-state index >= 15 is 0 Å². The molecule has 0 spiro atoms. The van der Waals surface area contributed by atoms with Gasteiger partial charge in [-0.1, -0.05) is 0 Å². The van der Waals surface area contributed by atoms with Crippen LogP contribution in [0.25, 0.3) is 0 Å². The summed E-state index contributed by atoms with van der Waals surface area (Å²) >= 11 is 0. The molecule has 3 aliphatic rings. The summed E-state index contributed by atoms with van der Waals surface area (Å²) in [6.07, 6.45) is -13.2. The fourth-order valence-electron chi connectivity index (χ4n) is 4.70. The minimum Gasteiger partial charge on any atom is -0.467 e. The summed E-state index contributed by atoms with van der Waals surface area (Å²) in [5.74, 6) is -4.89. The molecule has 0 saturated carbocycles. The van der Waals surface area contributed by atoms with Gasteiger partial charge in [0.25, 0.3) is 0 Å². The highest BCUT2D eigenvalue weighted by molar-refractivity contribution is 5.77. The Hall–Kier alpha value is -3.83. The lowest BCUT2D eigenvalue weighted by Gasteiger charge is -2.47. The normalized spacial score (nSPS) is 33.5. The molecule has 0 bridgehead atoms. The van der Waals surface area contributed by atoms with Crippen molar-refractivity contribution in [3.05, 3.63) is 0 Å². The second kappa shape index (κ2) is 13.9. The number of esters is 6. The summed E-state index contributed by atoms with van der Waals surface area (Å²) in [6, 6.07) is -1.00. The van der Waals surface area contributed by atoms with Gasteiger partial charge in [-0.15, -0.1) is 0 Å². The van der Waals surface area contributed by atoms with E-state index in [-0.39, 0.29) is 12.5 Å². The van der Waals surface area contributed by atoms with Crippen LogP contribution >= 0.6 is 0 Å². The van der Waals surface area contributed by atoms with Crippen LogP contribution in [0.2, 0.25) is 0 Å². The first-order chi connectivity index (χ1) is 19.7. The van der Waals surface area contributed by atoms with Crippen molar-refractivity contribution >= 4 is 41.7 Å². The van der Waals surface area contributed by atoms with Gasteiger partial charge in [0.15, 0.2) is 42.7 Å². The van der Waals surface area contributed by atoms with Crippen molar-refractivity contribution in [2.45, 2.75) is 103 Å². The molecule has 0 aromatic rings. The smallest absolute Gasteiger partial charge is 0.339 e. The SMILES string of the molecule is COC(=O)[C@H]1O[C@@H](O[C@@H]2[C@H]3N=C(C)O[C@H]3O[C@H](COC(C)=O)[C@@H]2OC(C)=O)[C@H](OC(C)=O)[C@@H](OC(C)=O)[C@@H]1OC(C)=O. The van der Waals surface area contributed by atoms with Crippen LogP contribution in [0.5, 0.6) is 0 Å². The fourth-order valence-corrected chi connectivity index (χ4v) is 4.70. The number of ether oxygens (including phenoxy) is 10. The fraction of sp³-hybridized carbons (Fsp3) is 0.720. The van der Waals surface area contributed by atoms with E-state index in [1.807, 2.05) is 0 Å². The Labute approximate surface area is 239 Å². The molecule has 0 N–H and O–H groups in total. The van der Waals surface area contributed by atoms with E-state index in [0.717, 1.165) is 34.8 Å². The number of methoxy groups -OCH3 is 1. The van der Waals surface area contributed by atoms with Crippen molar-refractivity contribution in [3.63, 3.8) is 0 Å². The topological polar surface area (TPSA) is 207 Å². The number of carbonyl (C=O) groups is 6. The van der Waals surface area contributed by atoms with Crippen LogP contribution < -0.4 is 0 Å². The van der Waals surface area contributed by atoms with Crippen LogP contribution in [-0.4, -0.2) is 117 Å². The van der Waals surface area contributed by atoms with Gasteiger partial charge in [0.05, 0.1) is 7.11 Å². The third-order valence-corrected chi connectivity index (χ3v) is 6.11. The summed E-state index contributed by atoms with van der Waals surface area (Å²) < 4.78 is 54.9. The maximum Gasteiger partial charge on any atom is 0.339 e. The highest BCUT2D eigenvalue weighted by Crippen LogP contribution is 2.37. The Morgan fingerprint density at radius 1 is 0.714 bits per heavy atom. The Morgan fingerprint density at radius 2 is 1.26 bits per heavy atom. The molecule has 17 nitrogen and oxygen atoms in total. The Bertz CT molecular complexity index is 1110. The Balaban J connectivity index is 2.09. The standard InChI is InChI=1S/C25H33NO16/c1-9-26-16-18(17(36-11(3)28)15(8-34-10(2)27)40-24(16)35-9)41-25-22(39-14(6)31)20(38-13(5)30)19(37-12(4)29)21(42-25)23(32)33-7/h15-22,24-25H,8H2,1-7H3/t15-,16-,17+,18-,19+,20+,21+,22-,24+,25-/m1/s1. The van der Waals surface area contributed by atoms with Crippen molar-refractivity contribution in [3.8, 4) is 0 Å². The average molecular weight is 604 g/mol. The Morgan fingerprint density at radius 3 is 1.81 bits per heavy atom. The van der Waals surface area contributed by atoms with Gasteiger partial charge in [-0.05, 0) is 0 Å². The number of aliphatic imine (C=N–C) groups is 1. The first-order valence-electron chi connectivity index (χ1n) is 12.8. The van der Waals surface area contributed by atoms with Crippen LogP contribution in [0, 0.1) is 0 Å². The molecule has 0 aromatic heterocycles. The quantitative estimate of drug-likeness (QED) is 0.231. The van der Waals surface area contributed by atoms with Crippen LogP contribution in [0.15, 0.2) is 4.99 Å². The number of hydrogen-bond donors (Lipinski definition) is 0. The first-order valence-corrected chi connectivity index (χ1v) is 12.8. The molecular formula is C25H33NO16. The summed E-state index contributed by atoms with van der Waals surface area (Å²) in [5.41, 5.74) is 0. The number of nitrogens with zero attached hydrogens (tertiary/aromatic N) is 1. The molecule has 2 fully saturated rings. The van der Waals surface area contributed by atoms with Crippen LogP contribution in [0.4, 0.5) is 0 Å². The highest BCUT2D eigenvalue weighted by atomic mass is 16.8. The highest BCUT2D eigenvalue weighted by Gasteiger charge is 2.59. The average Bonchev–Trinajstić information content (AvgIpc) is 3.25. The molecule has 0 unspecified atom stereocenters. The second-order valence-electron chi connectivity index (χ2n) is 9.45. The van der Waals surface area contributed by atoms with Crippen LogP contribution in [0.3, 0.4) is 0 Å². The second-order valence-corrected chi connectivity index (χ2v) is 9.45. The minimum absolute atomic E-state index is 0.189. The van der Waals surface area contributed by atoms with Gasteiger partial charge in [0, 0.05) is 41.5 Å². The summed E-state index contributed by atoms with van der Waals surface area (Å²) in [4.78, 5) is 77.0. The molecule has 3 rings (SSSR count). The number of rotatable bonds is 9. The molecule has 0 amide bonds. The lowest BCUT2D eigenvalue weighted by Crippen LogP contribution is -2.66. The first kappa shape index (κ1) is 32.7. The molecule has 42 heavy (non-hydrogen) atoms. The summed E-state index contributed by atoms with van der Waals surface area (Å²) in [6.45, 7) is 6.58. The molecular weight excluding hydrogens is 570 g/mol. The lowest BCUT2D eigenvalue weighted by molar-refractivity contribution is -0.334. The number of hydrogen-bond acceptors (Lipinski definition) is 17. The Kier molecular flexibility index (Phi) is 10.8. The predicted molar refractivity (Wildman–Crippen MR) is 131 cm³/mol. The van der Waals surface area contributed by atoms with E-state index in [4.69, 9.17) is 47.4 Å². The van der Waals surface area contributed by atoms with Crippen molar-refractivity contribution in [2.75, 3.05) is 13.7 Å². The van der Waals surface area contributed by atoms with E-state index in [9.17, 15) is 28.8 Å². The predicted octanol–water partition coefficient (Wildman–Crippen LogP) is -0.898. The summed E-state index contributed by atoms with van der Waals surface area (Å²) in [7, 11) is 1.04. The zero-order chi connectivity index (χ0) is 31.3. The monoisotopic (exact) mass is 603 g/mol. The zero-order valence-corrected chi connectivity index (χ0v) is 24.0. The van der Waals surface area contributed by atoms with Gasteiger partial charge in [-0.2, -0.15) is 0 Å². The molecule has 0 radical (unpaired) electrons. The van der Waals surface area contributed by atoms with Crippen molar-refractivity contribution in [1.29, 1.82) is 0 Å². The lowest BCUT2D eigenvalue weighted by atomic mass is 9.95. The largest absolute Gasteiger partial charge is 0.467 e. The molecule has 10 atom stereocenters. The molecule has 17 heteroatoms. The van der Waals surface area contributed by atoms with Gasteiger partial charge in [-0.25, -0.2) is 9.79 Å². The van der Waals surface area contributed by atoms with E-state index < -0.39 is 97.2 Å². The molecule has 3 heterocycles. The number of fused-ring (bicyclic) bond motifs is 1. The molecule has 0 aliphatic carbocycles. The maximum absolute atomic E-state index is 12.8. The van der Waals surface area contributed by atoms with Gasteiger partial charge < -0.3 is 47.4 Å². The maximum atomic E-state index is 12.8. The minimum atomic E-state index is -1.73. The van der Waals surface area contributed by atoms with Gasteiger partial charge in [0.2, 0.25) is 6.29 Å². The van der Waals surface area contributed by atoms with E-state index in [2.05, 4.69) is 4.99 Å². The van der Waals surface area contributed by atoms with E-state index in [1.165, 1.54) is 13.8 Å².